The molecule has 28 heavy (non-hydrogen) atoms. The van der Waals surface area contributed by atoms with Crippen molar-refractivity contribution >= 4 is 33.2 Å². The number of aromatic nitrogens is 4. The maximum Gasteiger partial charge on any atom is 0.173 e. The van der Waals surface area contributed by atoms with E-state index in [0.29, 0.717) is 12.6 Å². The molecule has 0 radical (unpaired) electrons. The lowest BCUT2D eigenvalue weighted by molar-refractivity contribution is 0.749. The van der Waals surface area contributed by atoms with Gasteiger partial charge in [0.25, 0.3) is 0 Å². The summed E-state index contributed by atoms with van der Waals surface area (Å²) in [6.45, 7) is 0.675. The van der Waals surface area contributed by atoms with Gasteiger partial charge in [-0.15, -0.1) is 0 Å². The normalized spacial score (nSPS) is 18.5. The van der Waals surface area contributed by atoms with Crippen LogP contribution in [0.25, 0.3) is 5.65 Å². The van der Waals surface area contributed by atoms with Gasteiger partial charge in [-0.05, 0) is 58.8 Å². The summed E-state index contributed by atoms with van der Waals surface area (Å²) >= 11 is 3.56. The molecule has 3 aromatic rings. The van der Waals surface area contributed by atoms with Gasteiger partial charge in [-0.2, -0.15) is 9.61 Å². The number of anilines is 2. The maximum atomic E-state index is 4.78. The first-order valence-electron chi connectivity index (χ1n) is 9.57. The zero-order chi connectivity index (χ0) is 18.9. The average Bonchev–Trinajstić information content (AvgIpc) is 3.30. The molecule has 6 nitrogen and oxygen atoms in total. The van der Waals surface area contributed by atoms with Crippen LogP contribution in [0.5, 0.6) is 0 Å². The molecule has 0 aromatic carbocycles. The molecule has 3 heterocycles. The lowest BCUT2D eigenvalue weighted by Crippen LogP contribution is -2.18. The molecule has 0 aliphatic heterocycles. The number of fused-ring (bicyclic) bond motifs is 1. The molecule has 2 aliphatic carbocycles. The molecule has 0 bridgehead atoms. The summed E-state index contributed by atoms with van der Waals surface area (Å²) < 4.78 is 2.71. The summed E-state index contributed by atoms with van der Waals surface area (Å²) in [4.78, 5) is 8.96. The van der Waals surface area contributed by atoms with E-state index in [2.05, 4.69) is 54.9 Å². The lowest BCUT2D eigenvalue weighted by Gasteiger charge is -2.16. The van der Waals surface area contributed by atoms with Crippen LogP contribution in [0.3, 0.4) is 0 Å². The minimum Gasteiger partial charge on any atom is -0.366 e. The third-order valence-corrected chi connectivity index (χ3v) is 5.88. The molecule has 2 N–H and O–H groups in total. The molecule has 2 aliphatic rings. The van der Waals surface area contributed by atoms with Crippen molar-refractivity contribution in [2.45, 2.75) is 38.3 Å². The van der Waals surface area contributed by atoms with Crippen LogP contribution in [-0.4, -0.2) is 25.6 Å². The lowest BCUT2D eigenvalue weighted by atomic mass is 10.0. The third-order valence-electron chi connectivity index (χ3n) is 5.32. The Kier molecular flexibility index (Phi) is 4.60. The highest BCUT2D eigenvalue weighted by Crippen LogP contribution is 2.35. The van der Waals surface area contributed by atoms with Gasteiger partial charge < -0.3 is 10.6 Å². The molecule has 1 atom stereocenters. The number of nitrogens with zero attached hydrogens (tertiary/aromatic N) is 4. The van der Waals surface area contributed by atoms with Crippen LogP contribution < -0.4 is 10.6 Å². The van der Waals surface area contributed by atoms with E-state index in [0.717, 1.165) is 40.2 Å². The molecule has 0 saturated carbocycles. The fourth-order valence-electron chi connectivity index (χ4n) is 3.98. The number of nitrogens with one attached hydrogen (secondary N) is 2. The predicted octanol–water partition coefficient (Wildman–Crippen LogP) is 4.72. The van der Waals surface area contributed by atoms with Gasteiger partial charge >= 0.3 is 0 Å². The smallest absolute Gasteiger partial charge is 0.173 e. The van der Waals surface area contributed by atoms with E-state index in [4.69, 9.17) is 4.98 Å². The summed E-state index contributed by atoms with van der Waals surface area (Å²) in [5.41, 5.74) is 5.02. The topological polar surface area (TPSA) is 67.1 Å². The SMILES string of the molecule is Brc1cnn2c(NCc3cccnc3)cc(NC3CC4=C(CCC=C4)C3)nc12. The summed E-state index contributed by atoms with van der Waals surface area (Å²) in [6.07, 6.45) is 14.5. The first kappa shape index (κ1) is 17.4. The Morgan fingerprint density at radius 1 is 1.25 bits per heavy atom. The van der Waals surface area contributed by atoms with Gasteiger partial charge in [-0.3, -0.25) is 4.98 Å². The van der Waals surface area contributed by atoms with Gasteiger partial charge in [0.15, 0.2) is 5.65 Å². The van der Waals surface area contributed by atoms with Crippen LogP contribution in [0.1, 0.15) is 31.2 Å². The second-order valence-corrected chi connectivity index (χ2v) is 8.14. The van der Waals surface area contributed by atoms with Crippen molar-refractivity contribution in [2.24, 2.45) is 0 Å². The second kappa shape index (κ2) is 7.39. The van der Waals surface area contributed by atoms with Gasteiger partial charge in [0.05, 0.1) is 10.7 Å². The summed E-state index contributed by atoms with van der Waals surface area (Å²) in [5.74, 6) is 1.77. The molecule has 0 fully saturated rings. The average molecular weight is 437 g/mol. The van der Waals surface area contributed by atoms with E-state index in [9.17, 15) is 0 Å². The van der Waals surface area contributed by atoms with Crippen molar-refractivity contribution < 1.29 is 0 Å². The largest absolute Gasteiger partial charge is 0.366 e. The van der Waals surface area contributed by atoms with Gasteiger partial charge in [-0.25, -0.2) is 4.98 Å². The Hall–Kier alpha value is -2.67. The zero-order valence-corrected chi connectivity index (χ0v) is 17.0. The number of allylic oxidation sites excluding steroid dienone is 2. The van der Waals surface area contributed by atoms with E-state index < -0.39 is 0 Å². The highest BCUT2D eigenvalue weighted by Gasteiger charge is 2.24. The Balaban J connectivity index is 1.38. The Morgan fingerprint density at radius 2 is 2.21 bits per heavy atom. The number of rotatable bonds is 5. The van der Waals surface area contributed by atoms with Gasteiger partial charge in [0.2, 0.25) is 0 Å². The molecular weight excluding hydrogens is 416 g/mol. The predicted molar refractivity (Wildman–Crippen MR) is 114 cm³/mol. The van der Waals surface area contributed by atoms with Crippen molar-refractivity contribution in [1.29, 1.82) is 0 Å². The van der Waals surface area contributed by atoms with Gasteiger partial charge in [-0.1, -0.05) is 23.8 Å². The first-order valence-corrected chi connectivity index (χ1v) is 10.4. The highest BCUT2D eigenvalue weighted by molar-refractivity contribution is 9.10. The van der Waals surface area contributed by atoms with Crippen LogP contribution in [0.4, 0.5) is 11.6 Å². The van der Waals surface area contributed by atoms with Crippen molar-refractivity contribution in [2.75, 3.05) is 10.6 Å². The maximum absolute atomic E-state index is 4.78. The third kappa shape index (κ3) is 3.42. The quantitative estimate of drug-likeness (QED) is 0.605. The molecule has 7 heteroatoms. The minimum absolute atomic E-state index is 0.399. The standard InChI is InChI=1S/C21H21BrN6/c22-18-13-25-28-20(24-12-14-4-3-7-23-11-14)10-19(27-21(18)28)26-17-8-15-5-1-2-6-16(15)9-17/h1,3-5,7,10-11,13,17,24H,2,6,8-9,12H2,(H,26,27). The van der Waals surface area contributed by atoms with Crippen LogP contribution in [0, 0.1) is 0 Å². The van der Waals surface area contributed by atoms with Gasteiger partial charge in [0.1, 0.15) is 11.6 Å². The number of hydrogen-bond acceptors (Lipinski definition) is 5. The molecule has 3 aromatic heterocycles. The zero-order valence-electron chi connectivity index (χ0n) is 15.4. The van der Waals surface area contributed by atoms with Crippen molar-refractivity contribution in [3.05, 3.63) is 70.1 Å². The van der Waals surface area contributed by atoms with Crippen LogP contribution in [-0.2, 0) is 6.54 Å². The van der Waals surface area contributed by atoms with Crippen LogP contribution >= 0.6 is 15.9 Å². The molecule has 0 spiro atoms. The first-order chi connectivity index (χ1) is 13.8. The molecule has 1 unspecified atom stereocenters. The molecule has 142 valence electrons. The van der Waals surface area contributed by atoms with Crippen molar-refractivity contribution in [1.82, 2.24) is 19.6 Å². The number of halogens is 1. The summed E-state index contributed by atoms with van der Waals surface area (Å²) in [7, 11) is 0. The highest BCUT2D eigenvalue weighted by atomic mass is 79.9. The van der Waals surface area contributed by atoms with Crippen LogP contribution in [0.15, 0.2) is 64.6 Å². The Labute approximate surface area is 171 Å². The summed E-state index contributed by atoms with van der Waals surface area (Å²) in [6, 6.07) is 6.44. The second-order valence-electron chi connectivity index (χ2n) is 7.29. The molecule has 0 saturated heterocycles. The van der Waals surface area contributed by atoms with Crippen LogP contribution in [0.2, 0.25) is 0 Å². The Morgan fingerprint density at radius 3 is 3.07 bits per heavy atom. The van der Waals surface area contributed by atoms with Gasteiger partial charge in [0, 0.05) is 31.0 Å². The van der Waals surface area contributed by atoms with E-state index in [1.54, 1.807) is 18.0 Å². The molecular formula is C21H21BrN6. The number of pyridine rings is 1. The monoisotopic (exact) mass is 436 g/mol. The summed E-state index contributed by atoms with van der Waals surface area (Å²) in [5, 5.41) is 11.6. The minimum atomic E-state index is 0.399. The fraction of sp³-hybridized carbons (Fsp3) is 0.286. The van der Waals surface area contributed by atoms with Crippen molar-refractivity contribution in [3.8, 4) is 0 Å². The van der Waals surface area contributed by atoms with E-state index in [1.165, 1.54) is 18.4 Å². The van der Waals surface area contributed by atoms with E-state index >= 15 is 0 Å². The molecule has 0 amide bonds. The Bertz CT molecular complexity index is 1070. The van der Waals surface area contributed by atoms with Crippen molar-refractivity contribution in [3.63, 3.8) is 0 Å². The van der Waals surface area contributed by atoms with E-state index in [-0.39, 0.29) is 0 Å². The number of hydrogen-bond donors (Lipinski definition) is 2. The van der Waals surface area contributed by atoms with E-state index in [1.807, 2.05) is 22.8 Å². The molecule has 5 rings (SSSR count). The fourth-order valence-corrected chi connectivity index (χ4v) is 4.33.